The molecular formula is C17H14Cl2N4O2. The molecule has 0 saturated heterocycles. The Labute approximate surface area is 154 Å². The van der Waals surface area contributed by atoms with E-state index in [2.05, 4.69) is 15.3 Å². The second kappa shape index (κ2) is 8.00. The molecule has 6 nitrogen and oxygen atoms in total. The number of imidazole rings is 1. The van der Waals surface area contributed by atoms with Crippen LogP contribution in [-0.4, -0.2) is 27.0 Å². The lowest BCUT2D eigenvalue weighted by atomic mass is 10.3. The number of hydrogen-bond acceptors (Lipinski definition) is 4. The van der Waals surface area contributed by atoms with Gasteiger partial charge in [-0.3, -0.25) is 9.36 Å². The quantitative estimate of drug-likeness (QED) is 0.716. The Morgan fingerprint density at radius 1 is 1.24 bits per heavy atom. The van der Waals surface area contributed by atoms with E-state index in [0.29, 0.717) is 22.3 Å². The molecule has 0 aliphatic carbocycles. The summed E-state index contributed by atoms with van der Waals surface area (Å²) in [6.45, 7) is 0.198. The Balaban J connectivity index is 1.49. The van der Waals surface area contributed by atoms with Crippen molar-refractivity contribution >= 4 is 29.1 Å². The Morgan fingerprint density at radius 2 is 2.12 bits per heavy atom. The van der Waals surface area contributed by atoms with Crippen molar-refractivity contribution < 1.29 is 9.53 Å². The zero-order chi connectivity index (χ0) is 17.6. The molecule has 0 unspecified atom stereocenters. The third-order valence-corrected chi connectivity index (χ3v) is 3.87. The average Bonchev–Trinajstić information content (AvgIpc) is 3.16. The van der Waals surface area contributed by atoms with Crippen LogP contribution < -0.4 is 10.1 Å². The Morgan fingerprint density at radius 3 is 2.84 bits per heavy atom. The fourth-order valence-electron chi connectivity index (χ4n) is 2.05. The molecule has 2 aromatic heterocycles. The van der Waals surface area contributed by atoms with Crippen molar-refractivity contribution in [3.05, 3.63) is 70.9 Å². The molecular weight excluding hydrogens is 363 g/mol. The Hall–Kier alpha value is -2.57. The van der Waals surface area contributed by atoms with Crippen molar-refractivity contribution in [2.24, 2.45) is 0 Å². The monoisotopic (exact) mass is 376 g/mol. The van der Waals surface area contributed by atoms with Gasteiger partial charge in [0.2, 0.25) is 0 Å². The van der Waals surface area contributed by atoms with Gasteiger partial charge in [0.1, 0.15) is 17.9 Å². The molecule has 0 saturated carbocycles. The third kappa shape index (κ3) is 4.71. The minimum Gasteiger partial charge on any atom is -0.482 e. The van der Waals surface area contributed by atoms with E-state index in [1.807, 2.05) is 18.3 Å². The van der Waals surface area contributed by atoms with Gasteiger partial charge in [-0.2, -0.15) is 0 Å². The molecule has 25 heavy (non-hydrogen) atoms. The standard InChI is InChI=1S/C17H14Cl2N4O2/c18-13-2-3-14(19)15(7-13)25-10-17(24)22-9-12-1-4-16(21-8-12)23-6-5-20-11-23/h1-8,11H,9-10H2,(H,22,24). The second-order valence-corrected chi connectivity index (χ2v) is 5.98. The summed E-state index contributed by atoms with van der Waals surface area (Å²) in [5.74, 6) is 0.858. The van der Waals surface area contributed by atoms with Crippen LogP contribution in [0.4, 0.5) is 0 Å². The summed E-state index contributed by atoms with van der Waals surface area (Å²) in [6, 6.07) is 8.57. The van der Waals surface area contributed by atoms with E-state index in [1.54, 1.807) is 41.5 Å². The molecule has 3 aromatic rings. The van der Waals surface area contributed by atoms with Gasteiger partial charge in [0, 0.05) is 36.2 Å². The fraction of sp³-hybridized carbons (Fsp3) is 0.118. The lowest BCUT2D eigenvalue weighted by Gasteiger charge is -2.09. The largest absolute Gasteiger partial charge is 0.482 e. The van der Waals surface area contributed by atoms with E-state index in [9.17, 15) is 4.79 Å². The molecule has 0 bridgehead atoms. The van der Waals surface area contributed by atoms with Crippen LogP contribution in [0.2, 0.25) is 10.0 Å². The number of nitrogens with zero attached hydrogens (tertiary/aromatic N) is 3. The van der Waals surface area contributed by atoms with E-state index < -0.39 is 0 Å². The van der Waals surface area contributed by atoms with Gasteiger partial charge < -0.3 is 10.1 Å². The molecule has 128 valence electrons. The molecule has 0 aliphatic heterocycles. The normalized spacial score (nSPS) is 10.5. The van der Waals surface area contributed by atoms with Crippen LogP contribution in [0.5, 0.6) is 5.75 Å². The minimum absolute atomic E-state index is 0.152. The van der Waals surface area contributed by atoms with Crippen molar-refractivity contribution in [3.8, 4) is 11.6 Å². The first-order valence-corrected chi connectivity index (χ1v) is 8.15. The second-order valence-electron chi connectivity index (χ2n) is 5.13. The number of hydrogen-bond donors (Lipinski definition) is 1. The van der Waals surface area contributed by atoms with Gasteiger partial charge in [-0.1, -0.05) is 29.3 Å². The number of nitrogens with one attached hydrogen (secondary N) is 1. The van der Waals surface area contributed by atoms with Crippen molar-refractivity contribution in [1.29, 1.82) is 0 Å². The van der Waals surface area contributed by atoms with E-state index in [1.165, 1.54) is 0 Å². The maximum Gasteiger partial charge on any atom is 0.258 e. The summed E-state index contributed by atoms with van der Waals surface area (Å²) in [4.78, 5) is 20.2. The minimum atomic E-state index is -0.269. The summed E-state index contributed by atoms with van der Waals surface area (Å²) in [5.41, 5.74) is 0.873. The van der Waals surface area contributed by atoms with Gasteiger partial charge in [-0.05, 0) is 23.8 Å². The first-order chi connectivity index (χ1) is 12.1. The van der Waals surface area contributed by atoms with Gasteiger partial charge >= 0.3 is 0 Å². The number of halogens is 2. The smallest absolute Gasteiger partial charge is 0.258 e. The van der Waals surface area contributed by atoms with Gasteiger partial charge in [0.15, 0.2) is 6.61 Å². The molecule has 0 spiro atoms. The molecule has 0 radical (unpaired) electrons. The predicted octanol–water partition coefficient (Wildman–Crippen LogP) is 3.27. The topological polar surface area (TPSA) is 69.0 Å². The Kier molecular flexibility index (Phi) is 5.53. The molecule has 1 aromatic carbocycles. The Bertz CT molecular complexity index is 852. The summed E-state index contributed by atoms with van der Waals surface area (Å²) in [7, 11) is 0. The fourth-order valence-corrected chi connectivity index (χ4v) is 2.39. The highest BCUT2D eigenvalue weighted by atomic mass is 35.5. The average molecular weight is 377 g/mol. The van der Waals surface area contributed by atoms with E-state index in [-0.39, 0.29) is 12.5 Å². The maximum atomic E-state index is 11.9. The van der Waals surface area contributed by atoms with Gasteiger partial charge in [0.05, 0.1) is 5.02 Å². The number of rotatable bonds is 6. The molecule has 3 rings (SSSR count). The van der Waals surface area contributed by atoms with E-state index >= 15 is 0 Å². The van der Waals surface area contributed by atoms with Crippen molar-refractivity contribution in [2.75, 3.05) is 6.61 Å². The maximum absolute atomic E-state index is 11.9. The molecule has 1 N–H and O–H groups in total. The number of pyridine rings is 1. The highest BCUT2D eigenvalue weighted by Crippen LogP contribution is 2.27. The van der Waals surface area contributed by atoms with Crippen LogP contribution in [0, 0.1) is 0 Å². The summed E-state index contributed by atoms with van der Waals surface area (Å²) < 4.78 is 7.18. The molecule has 0 aliphatic rings. The van der Waals surface area contributed by atoms with Crippen molar-refractivity contribution in [3.63, 3.8) is 0 Å². The van der Waals surface area contributed by atoms with Crippen LogP contribution in [0.3, 0.4) is 0 Å². The lowest BCUT2D eigenvalue weighted by Crippen LogP contribution is -2.28. The van der Waals surface area contributed by atoms with E-state index in [4.69, 9.17) is 27.9 Å². The number of carbonyl (C=O) groups is 1. The number of carbonyl (C=O) groups excluding carboxylic acids is 1. The first kappa shape index (κ1) is 17.3. The predicted molar refractivity (Wildman–Crippen MR) is 95.2 cm³/mol. The summed E-state index contributed by atoms with van der Waals surface area (Å²) >= 11 is 11.9. The third-order valence-electron chi connectivity index (χ3n) is 3.32. The van der Waals surface area contributed by atoms with E-state index in [0.717, 1.165) is 11.4 Å². The van der Waals surface area contributed by atoms with Crippen LogP contribution in [0.1, 0.15) is 5.56 Å². The van der Waals surface area contributed by atoms with Crippen molar-refractivity contribution in [1.82, 2.24) is 19.9 Å². The van der Waals surface area contributed by atoms with Crippen LogP contribution in [0.25, 0.3) is 5.82 Å². The summed E-state index contributed by atoms with van der Waals surface area (Å²) in [6.07, 6.45) is 6.86. The lowest BCUT2D eigenvalue weighted by molar-refractivity contribution is -0.123. The van der Waals surface area contributed by atoms with Crippen LogP contribution in [-0.2, 0) is 11.3 Å². The molecule has 2 heterocycles. The highest BCUT2D eigenvalue weighted by Gasteiger charge is 2.07. The van der Waals surface area contributed by atoms with Gasteiger partial charge in [0.25, 0.3) is 5.91 Å². The summed E-state index contributed by atoms with van der Waals surface area (Å²) in [5, 5.41) is 3.65. The first-order valence-electron chi connectivity index (χ1n) is 7.39. The molecule has 8 heteroatoms. The number of amides is 1. The highest BCUT2D eigenvalue weighted by molar-refractivity contribution is 6.34. The zero-order valence-corrected chi connectivity index (χ0v) is 14.5. The van der Waals surface area contributed by atoms with Crippen LogP contribution >= 0.6 is 23.2 Å². The van der Waals surface area contributed by atoms with Crippen molar-refractivity contribution in [2.45, 2.75) is 6.54 Å². The molecule has 0 fully saturated rings. The number of ether oxygens (including phenoxy) is 1. The SMILES string of the molecule is O=C(COc1cc(Cl)ccc1Cl)NCc1ccc(-n2ccnc2)nc1. The van der Waals surface area contributed by atoms with Gasteiger partial charge in [-0.15, -0.1) is 0 Å². The van der Waals surface area contributed by atoms with Crippen LogP contribution in [0.15, 0.2) is 55.2 Å². The zero-order valence-electron chi connectivity index (χ0n) is 13.0. The van der Waals surface area contributed by atoms with Gasteiger partial charge in [-0.25, -0.2) is 9.97 Å². The molecule has 0 atom stereocenters. The molecule has 1 amide bonds. The number of benzene rings is 1. The number of aromatic nitrogens is 3.